The molecular formula is C25H27NO5S. The summed E-state index contributed by atoms with van der Waals surface area (Å²) in [5.41, 5.74) is 1.65. The lowest BCUT2D eigenvalue weighted by Crippen LogP contribution is -2.57. The van der Waals surface area contributed by atoms with Crippen LogP contribution in [0.3, 0.4) is 0 Å². The highest BCUT2D eigenvalue weighted by Gasteiger charge is 2.58. The molecule has 3 aliphatic rings. The molecule has 5 atom stereocenters. The topological polar surface area (TPSA) is 80.8 Å². The van der Waals surface area contributed by atoms with E-state index >= 15 is 0 Å². The fourth-order valence-corrected chi connectivity index (χ4v) is 7.94. The smallest absolute Gasteiger partial charge is 0.328 e. The van der Waals surface area contributed by atoms with E-state index in [1.807, 2.05) is 29.2 Å². The van der Waals surface area contributed by atoms with E-state index in [-0.39, 0.29) is 35.7 Å². The maximum Gasteiger partial charge on any atom is 0.328 e. The van der Waals surface area contributed by atoms with E-state index in [1.54, 1.807) is 37.3 Å². The molecule has 2 unspecified atom stereocenters. The molecule has 1 saturated carbocycles. The van der Waals surface area contributed by atoms with Crippen LogP contribution in [0.15, 0.2) is 59.5 Å². The van der Waals surface area contributed by atoms with Crippen molar-refractivity contribution in [2.24, 2.45) is 5.92 Å². The minimum atomic E-state index is -3.74. The third-order valence-electron chi connectivity index (χ3n) is 7.23. The van der Waals surface area contributed by atoms with Crippen LogP contribution in [0.5, 0.6) is 0 Å². The van der Waals surface area contributed by atoms with Crippen LogP contribution >= 0.6 is 0 Å². The van der Waals surface area contributed by atoms with Crippen LogP contribution in [0.1, 0.15) is 55.8 Å². The number of hydrogen-bond acceptors (Lipinski definition) is 6. The van der Waals surface area contributed by atoms with Gasteiger partial charge < -0.3 is 4.74 Å². The number of ketones is 1. The lowest BCUT2D eigenvalue weighted by atomic mass is 9.75. The SMILES string of the molecule is CCOC(=O)C1c2ccccc2[C@@H]2C(S(=O)(=O)c3ccccc3)C[C@@H]3C(=O)CCC[C@H]3N12. The Morgan fingerprint density at radius 3 is 2.47 bits per heavy atom. The number of carbonyl (C=O) groups excluding carboxylic acids is 2. The molecule has 6 nitrogen and oxygen atoms in total. The first-order chi connectivity index (χ1) is 15.4. The van der Waals surface area contributed by atoms with Crippen molar-refractivity contribution in [3.05, 3.63) is 65.7 Å². The standard InChI is InChI=1S/C25H27NO5S/c1-2-31-25(28)24-18-12-7-6-11-17(18)23-22(32(29,30)16-9-4-3-5-10-16)15-19-20(26(23)24)13-8-14-21(19)27/h3-7,9-12,19-20,22-24H,2,8,13-15H2,1H3/t19-,20+,22?,23+,24?/m0/s1. The fourth-order valence-electron chi connectivity index (χ4n) is 5.96. The number of ether oxygens (including phenoxy) is 1. The summed E-state index contributed by atoms with van der Waals surface area (Å²) in [5, 5.41) is -0.811. The molecule has 2 aliphatic heterocycles. The Morgan fingerprint density at radius 1 is 1.06 bits per heavy atom. The van der Waals surface area contributed by atoms with Crippen LogP contribution in [0.4, 0.5) is 0 Å². The summed E-state index contributed by atoms with van der Waals surface area (Å²) in [6.07, 6.45) is 2.28. The van der Waals surface area contributed by atoms with Gasteiger partial charge in [-0.05, 0) is 49.4 Å². The van der Waals surface area contributed by atoms with Crippen molar-refractivity contribution in [1.82, 2.24) is 4.90 Å². The summed E-state index contributed by atoms with van der Waals surface area (Å²) >= 11 is 0. The number of nitrogens with zero attached hydrogens (tertiary/aromatic N) is 1. The van der Waals surface area contributed by atoms with Crippen LogP contribution in [-0.2, 0) is 24.2 Å². The molecule has 2 aromatic carbocycles. The third-order valence-corrected chi connectivity index (χ3v) is 9.41. The summed E-state index contributed by atoms with van der Waals surface area (Å²) < 4.78 is 33.2. The van der Waals surface area contributed by atoms with Gasteiger partial charge in [0.1, 0.15) is 11.8 Å². The number of piperidine rings is 1. The van der Waals surface area contributed by atoms with Crippen molar-refractivity contribution in [1.29, 1.82) is 0 Å². The van der Waals surface area contributed by atoms with Gasteiger partial charge in [0.15, 0.2) is 9.84 Å². The highest BCUT2D eigenvalue weighted by Crippen LogP contribution is 2.55. The van der Waals surface area contributed by atoms with Crippen molar-refractivity contribution in [3.8, 4) is 0 Å². The van der Waals surface area contributed by atoms with E-state index in [1.165, 1.54) is 0 Å². The zero-order chi connectivity index (χ0) is 22.5. The lowest BCUT2D eigenvalue weighted by molar-refractivity contribution is -0.155. The van der Waals surface area contributed by atoms with Gasteiger partial charge in [-0.1, -0.05) is 42.5 Å². The first-order valence-corrected chi connectivity index (χ1v) is 12.8. The molecular weight excluding hydrogens is 426 g/mol. The molecule has 0 bridgehead atoms. The number of rotatable bonds is 4. The Bertz CT molecular complexity index is 1150. The molecule has 0 spiro atoms. The molecule has 0 N–H and O–H groups in total. The van der Waals surface area contributed by atoms with Gasteiger partial charge in [-0.15, -0.1) is 0 Å². The second-order valence-electron chi connectivity index (χ2n) is 8.84. The number of sulfone groups is 1. The number of Topliss-reactive ketones (excluding diaryl/α,β-unsaturated/α-hetero) is 1. The minimum Gasteiger partial charge on any atom is -0.465 e. The van der Waals surface area contributed by atoms with Gasteiger partial charge in [0.05, 0.1) is 22.8 Å². The minimum absolute atomic E-state index is 0.103. The van der Waals surface area contributed by atoms with Gasteiger partial charge in [0.25, 0.3) is 0 Å². The number of hydrogen-bond donors (Lipinski definition) is 0. The normalized spacial score (nSPS) is 29.7. The average molecular weight is 454 g/mol. The Kier molecular flexibility index (Phi) is 5.42. The van der Waals surface area contributed by atoms with Crippen LogP contribution in [0.25, 0.3) is 0 Å². The summed E-state index contributed by atoms with van der Waals surface area (Å²) in [5.74, 6) is -0.668. The Labute approximate surface area is 188 Å². The van der Waals surface area contributed by atoms with E-state index < -0.39 is 33.1 Å². The number of esters is 1. The van der Waals surface area contributed by atoms with E-state index in [4.69, 9.17) is 4.74 Å². The van der Waals surface area contributed by atoms with Crippen molar-refractivity contribution >= 4 is 21.6 Å². The van der Waals surface area contributed by atoms with Gasteiger partial charge in [-0.3, -0.25) is 9.69 Å². The fraction of sp³-hybridized carbons (Fsp3) is 0.440. The summed E-state index contributed by atoms with van der Waals surface area (Å²) in [4.78, 5) is 28.4. The Hall–Kier alpha value is -2.51. The molecule has 0 amide bonds. The number of fused-ring (bicyclic) bond motifs is 5. The molecule has 7 heteroatoms. The molecule has 2 fully saturated rings. The molecule has 1 aliphatic carbocycles. The van der Waals surface area contributed by atoms with Crippen LogP contribution in [0.2, 0.25) is 0 Å². The van der Waals surface area contributed by atoms with E-state index in [0.29, 0.717) is 6.42 Å². The zero-order valence-electron chi connectivity index (χ0n) is 18.0. The molecule has 5 rings (SSSR count). The molecule has 2 aromatic rings. The largest absolute Gasteiger partial charge is 0.465 e. The zero-order valence-corrected chi connectivity index (χ0v) is 18.8. The molecule has 32 heavy (non-hydrogen) atoms. The van der Waals surface area contributed by atoms with Gasteiger partial charge >= 0.3 is 5.97 Å². The van der Waals surface area contributed by atoms with Crippen LogP contribution < -0.4 is 0 Å². The number of benzene rings is 2. The van der Waals surface area contributed by atoms with Gasteiger partial charge in [0, 0.05) is 18.4 Å². The lowest BCUT2D eigenvalue weighted by Gasteiger charge is -2.49. The van der Waals surface area contributed by atoms with Gasteiger partial charge in [0.2, 0.25) is 0 Å². The molecule has 0 aromatic heterocycles. The monoisotopic (exact) mass is 453 g/mol. The first kappa shape index (κ1) is 21.3. The summed E-state index contributed by atoms with van der Waals surface area (Å²) in [6, 6.07) is 14.7. The van der Waals surface area contributed by atoms with Crippen molar-refractivity contribution in [2.75, 3.05) is 6.61 Å². The Morgan fingerprint density at radius 2 is 1.75 bits per heavy atom. The maximum atomic E-state index is 13.9. The number of carbonyl (C=O) groups is 2. The first-order valence-electron chi connectivity index (χ1n) is 11.3. The van der Waals surface area contributed by atoms with Crippen LogP contribution in [0, 0.1) is 5.92 Å². The van der Waals surface area contributed by atoms with Crippen molar-refractivity contribution in [2.45, 2.75) is 60.9 Å². The van der Waals surface area contributed by atoms with Crippen LogP contribution in [-0.4, -0.2) is 43.0 Å². The van der Waals surface area contributed by atoms with E-state index in [2.05, 4.69) is 0 Å². The highest BCUT2D eigenvalue weighted by atomic mass is 32.2. The molecule has 168 valence electrons. The highest BCUT2D eigenvalue weighted by molar-refractivity contribution is 7.92. The van der Waals surface area contributed by atoms with E-state index in [0.717, 1.165) is 24.0 Å². The Balaban J connectivity index is 1.69. The second kappa shape index (κ2) is 8.12. The summed E-state index contributed by atoms with van der Waals surface area (Å²) in [6.45, 7) is 2.01. The predicted octanol–water partition coefficient (Wildman–Crippen LogP) is 3.63. The quantitative estimate of drug-likeness (QED) is 0.658. The van der Waals surface area contributed by atoms with Crippen molar-refractivity contribution in [3.63, 3.8) is 0 Å². The van der Waals surface area contributed by atoms with Crippen molar-refractivity contribution < 1.29 is 22.7 Å². The van der Waals surface area contributed by atoms with E-state index in [9.17, 15) is 18.0 Å². The second-order valence-corrected chi connectivity index (χ2v) is 11.0. The average Bonchev–Trinajstić information content (AvgIpc) is 3.15. The molecule has 2 heterocycles. The van der Waals surface area contributed by atoms with Gasteiger partial charge in [-0.2, -0.15) is 0 Å². The third kappa shape index (κ3) is 3.21. The maximum absolute atomic E-state index is 13.9. The predicted molar refractivity (Wildman–Crippen MR) is 119 cm³/mol. The molecule has 1 saturated heterocycles. The molecule has 0 radical (unpaired) electrons. The van der Waals surface area contributed by atoms with Gasteiger partial charge in [-0.25, -0.2) is 13.2 Å². The summed E-state index contributed by atoms with van der Waals surface area (Å²) in [7, 11) is -3.74.